The lowest BCUT2D eigenvalue weighted by Gasteiger charge is -2.26. The van der Waals surface area contributed by atoms with Gasteiger partial charge in [0.1, 0.15) is 11.8 Å². The monoisotopic (exact) mass is 678 g/mol. The normalized spacial score (nSPS) is 15.2. The van der Waals surface area contributed by atoms with Crippen LogP contribution < -0.4 is 29.1 Å². The molecule has 8 nitrogen and oxygen atoms in total. The second kappa shape index (κ2) is 12.1. The molecule has 2 aromatic carbocycles. The minimum Gasteiger partial charge on any atom is -0.496 e. The number of ether oxygens (including phenoxy) is 4. The molecule has 39 heavy (non-hydrogen) atoms. The van der Waals surface area contributed by atoms with Gasteiger partial charge in [0.25, 0.3) is 5.56 Å². The minimum absolute atomic E-state index is 0.282. The highest BCUT2D eigenvalue weighted by atomic mass is 79.9. The molecule has 0 spiro atoms. The summed E-state index contributed by atoms with van der Waals surface area (Å²) >= 11 is 8.30. The van der Waals surface area contributed by atoms with Crippen LogP contribution in [0.15, 0.2) is 60.3 Å². The van der Waals surface area contributed by atoms with Gasteiger partial charge >= 0.3 is 5.97 Å². The van der Waals surface area contributed by atoms with Crippen LogP contribution in [-0.4, -0.2) is 37.5 Å². The molecule has 1 atom stereocenters. The lowest BCUT2D eigenvalue weighted by atomic mass is 9.95. The van der Waals surface area contributed by atoms with Crippen molar-refractivity contribution < 1.29 is 23.7 Å². The van der Waals surface area contributed by atoms with Crippen LogP contribution in [0.1, 0.15) is 44.9 Å². The topological polar surface area (TPSA) is 88.4 Å². The number of carbonyl (C=O) groups is 1. The third kappa shape index (κ3) is 5.85. The molecule has 4 rings (SSSR count). The highest BCUT2D eigenvalue weighted by Gasteiger charge is 2.35. The van der Waals surface area contributed by atoms with Crippen molar-refractivity contribution in [1.82, 2.24) is 4.57 Å². The highest BCUT2D eigenvalue weighted by molar-refractivity contribution is 9.10. The number of hydrogen-bond donors (Lipinski definition) is 0. The fraction of sp³-hybridized carbons (Fsp3) is 0.321. The SMILES string of the molecule is CCOc1c(Br)cc(/C=c2\sc3n(c2=O)[C@@H](c2cc(Br)ccc2OC)C(C(=O)OC(C)C)=C(C)N=3)cc1OC. The van der Waals surface area contributed by atoms with Gasteiger partial charge < -0.3 is 18.9 Å². The van der Waals surface area contributed by atoms with Crippen molar-refractivity contribution in [2.45, 2.75) is 39.8 Å². The minimum atomic E-state index is -0.802. The van der Waals surface area contributed by atoms with E-state index in [1.807, 2.05) is 25.1 Å². The van der Waals surface area contributed by atoms with Crippen molar-refractivity contribution in [3.63, 3.8) is 0 Å². The van der Waals surface area contributed by atoms with Gasteiger partial charge in [-0.05, 0) is 85.6 Å². The van der Waals surface area contributed by atoms with Gasteiger partial charge in [0.05, 0.1) is 47.2 Å². The molecule has 0 saturated heterocycles. The number of benzene rings is 2. The van der Waals surface area contributed by atoms with Gasteiger partial charge in [0.2, 0.25) is 0 Å². The molecule has 206 valence electrons. The second-order valence-electron chi connectivity index (χ2n) is 8.89. The van der Waals surface area contributed by atoms with E-state index in [0.29, 0.717) is 48.9 Å². The number of allylic oxidation sites excluding steroid dienone is 1. The molecular formula is C28H28Br2N2O6S. The molecule has 1 aliphatic heterocycles. The molecule has 0 amide bonds. The van der Waals surface area contributed by atoms with E-state index < -0.39 is 12.0 Å². The molecule has 2 heterocycles. The zero-order chi connectivity index (χ0) is 28.4. The molecule has 0 unspecified atom stereocenters. The molecule has 0 radical (unpaired) electrons. The summed E-state index contributed by atoms with van der Waals surface area (Å²) in [6.45, 7) is 7.68. The molecule has 3 aromatic rings. The fourth-order valence-corrected chi connectivity index (χ4v) is 6.33. The summed E-state index contributed by atoms with van der Waals surface area (Å²) in [5, 5.41) is 0. The van der Waals surface area contributed by atoms with Gasteiger partial charge in [-0.2, -0.15) is 0 Å². The zero-order valence-electron chi connectivity index (χ0n) is 22.3. The fourth-order valence-electron chi connectivity index (χ4n) is 4.33. The molecule has 1 aliphatic rings. The van der Waals surface area contributed by atoms with Gasteiger partial charge in [-0.15, -0.1) is 0 Å². The van der Waals surface area contributed by atoms with Crippen LogP contribution in [0.25, 0.3) is 6.08 Å². The van der Waals surface area contributed by atoms with Gasteiger partial charge in [-0.3, -0.25) is 9.36 Å². The van der Waals surface area contributed by atoms with Gasteiger partial charge in [0.15, 0.2) is 16.3 Å². The first-order valence-corrected chi connectivity index (χ1v) is 14.6. The third-order valence-electron chi connectivity index (χ3n) is 5.91. The van der Waals surface area contributed by atoms with Crippen LogP contribution >= 0.6 is 43.2 Å². The molecule has 11 heteroatoms. The standard InChI is InChI=1S/C28H28Br2N2O6S/c1-7-37-25-19(30)10-16(11-21(25)36-6)12-22-26(33)32-24(18-13-17(29)8-9-20(18)35-5)23(27(34)38-14(2)3)15(4)31-28(32)39-22/h8-14,24H,7H2,1-6H3/b22-12-/t24-/m0/s1. The highest BCUT2D eigenvalue weighted by Crippen LogP contribution is 2.38. The van der Waals surface area contributed by atoms with Crippen LogP contribution in [0, 0.1) is 0 Å². The Morgan fingerprint density at radius 1 is 1.15 bits per heavy atom. The van der Waals surface area contributed by atoms with Crippen molar-refractivity contribution in [1.29, 1.82) is 0 Å². The predicted octanol–water partition coefficient (Wildman–Crippen LogP) is 5.13. The van der Waals surface area contributed by atoms with Crippen molar-refractivity contribution in [3.05, 3.63) is 81.4 Å². The number of halogens is 2. The first-order valence-electron chi connectivity index (χ1n) is 12.2. The number of carbonyl (C=O) groups excluding carboxylic acids is 1. The van der Waals surface area contributed by atoms with Crippen LogP contribution in [0.4, 0.5) is 0 Å². The molecule has 0 saturated carbocycles. The van der Waals surface area contributed by atoms with Crippen molar-refractivity contribution in [2.24, 2.45) is 4.99 Å². The number of nitrogens with zero attached hydrogens (tertiary/aromatic N) is 2. The molecule has 0 fully saturated rings. The Morgan fingerprint density at radius 2 is 1.87 bits per heavy atom. The zero-order valence-corrected chi connectivity index (χ0v) is 26.3. The van der Waals surface area contributed by atoms with E-state index in [0.717, 1.165) is 10.0 Å². The lowest BCUT2D eigenvalue weighted by molar-refractivity contribution is -0.143. The number of rotatable bonds is 8. The molecule has 1 aromatic heterocycles. The summed E-state index contributed by atoms with van der Waals surface area (Å²) in [4.78, 5) is 32.5. The number of methoxy groups -OCH3 is 2. The van der Waals surface area contributed by atoms with E-state index in [4.69, 9.17) is 18.9 Å². The first-order chi connectivity index (χ1) is 18.6. The number of hydrogen-bond acceptors (Lipinski definition) is 8. The van der Waals surface area contributed by atoms with E-state index in [1.165, 1.54) is 15.9 Å². The largest absolute Gasteiger partial charge is 0.496 e. The predicted molar refractivity (Wildman–Crippen MR) is 158 cm³/mol. The Morgan fingerprint density at radius 3 is 2.51 bits per heavy atom. The Bertz CT molecular complexity index is 1640. The summed E-state index contributed by atoms with van der Waals surface area (Å²) in [6, 6.07) is 8.34. The number of esters is 1. The summed E-state index contributed by atoms with van der Waals surface area (Å²) in [7, 11) is 3.12. The van der Waals surface area contributed by atoms with E-state index in [2.05, 4.69) is 36.9 Å². The summed E-state index contributed by atoms with van der Waals surface area (Å²) in [6.07, 6.45) is 1.42. The van der Waals surface area contributed by atoms with E-state index in [-0.39, 0.29) is 17.2 Å². The molecule has 0 aliphatic carbocycles. The van der Waals surface area contributed by atoms with Crippen LogP contribution in [0.2, 0.25) is 0 Å². The summed E-state index contributed by atoms with van der Waals surface area (Å²) < 4.78 is 25.9. The first kappa shape index (κ1) is 29.1. The van der Waals surface area contributed by atoms with Crippen LogP contribution in [-0.2, 0) is 9.53 Å². The Hall–Kier alpha value is -2.89. The van der Waals surface area contributed by atoms with Gasteiger partial charge in [-0.1, -0.05) is 27.3 Å². The Balaban J connectivity index is 1.97. The van der Waals surface area contributed by atoms with E-state index >= 15 is 0 Å². The summed E-state index contributed by atoms with van der Waals surface area (Å²) in [5.41, 5.74) is 1.83. The number of thiazole rings is 1. The van der Waals surface area contributed by atoms with E-state index in [9.17, 15) is 9.59 Å². The Labute approximate surface area is 246 Å². The van der Waals surface area contributed by atoms with Crippen molar-refractivity contribution >= 4 is 55.2 Å². The molecular weight excluding hydrogens is 652 g/mol. The average Bonchev–Trinajstić information content (AvgIpc) is 3.18. The smallest absolute Gasteiger partial charge is 0.338 e. The molecule has 0 bridgehead atoms. The second-order valence-corrected chi connectivity index (χ2v) is 11.7. The lowest BCUT2D eigenvalue weighted by Crippen LogP contribution is -2.40. The van der Waals surface area contributed by atoms with E-state index in [1.54, 1.807) is 53.2 Å². The Kier molecular flexibility index (Phi) is 9.03. The maximum atomic E-state index is 14.0. The third-order valence-corrected chi connectivity index (χ3v) is 7.97. The van der Waals surface area contributed by atoms with Gasteiger partial charge in [0, 0.05) is 10.0 Å². The maximum absolute atomic E-state index is 14.0. The quantitative estimate of drug-likeness (QED) is 0.307. The van der Waals surface area contributed by atoms with Crippen LogP contribution in [0.5, 0.6) is 17.2 Å². The molecule has 0 N–H and O–H groups in total. The van der Waals surface area contributed by atoms with Crippen LogP contribution in [0.3, 0.4) is 0 Å². The van der Waals surface area contributed by atoms with Gasteiger partial charge in [-0.25, -0.2) is 9.79 Å². The van der Waals surface area contributed by atoms with Crippen molar-refractivity contribution in [2.75, 3.05) is 20.8 Å². The maximum Gasteiger partial charge on any atom is 0.338 e. The average molecular weight is 680 g/mol. The summed E-state index contributed by atoms with van der Waals surface area (Å²) in [5.74, 6) is 1.12. The van der Waals surface area contributed by atoms with Crippen molar-refractivity contribution in [3.8, 4) is 17.2 Å². The number of aromatic nitrogens is 1. The number of fused-ring (bicyclic) bond motifs is 1.